The lowest BCUT2D eigenvalue weighted by molar-refractivity contribution is 0.0878. The molecule has 1 aromatic carbocycles. The number of piperidine rings is 1. The van der Waals surface area contributed by atoms with Crippen molar-refractivity contribution in [2.45, 2.75) is 32.7 Å². The summed E-state index contributed by atoms with van der Waals surface area (Å²) in [5.74, 6) is -0.599. The first-order valence-corrected chi connectivity index (χ1v) is 8.47. The Morgan fingerprint density at radius 3 is 2.79 bits per heavy atom. The lowest BCUT2D eigenvalue weighted by atomic mass is 9.96. The number of hydrogen-bond donors (Lipinski definition) is 2. The van der Waals surface area contributed by atoms with Crippen LogP contribution in [0, 0.1) is 5.92 Å². The first kappa shape index (κ1) is 16.6. The molecule has 1 fully saturated rings. The third-order valence-electron chi connectivity index (χ3n) is 4.83. The highest BCUT2D eigenvalue weighted by molar-refractivity contribution is 6.22. The Labute approximate surface area is 141 Å². The van der Waals surface area contributed by atoms with Gasteiger partial charge >= 0.3 is 0 Å². The van der Waals surface area contributed by atoms with Crippen molar-refractivity contribution in [2.24, 2.45) is 5.92 Å². The van der Waals surface area contributed by atoms with Crippen LogP contribution in [-0.4, -0.2) is 48.3 Å². The molecule has 1 unspecified atom stereocenters. The van der Waals surface area contributed by atoms with Crippen molar-refractivity contribution >= 4 is 17.7 Å². The molecule has 24 heavy (non-hydrogen) atoms. The van der Waals surface area contributed by atoms with Crippen molar-refractivity contribution in [2.75, 3.05) is 19.6 Å². The Balaban J connectivity index is 1.61. The minimum atomic E-state index is -0.440. The van der Waals surface area contributed by atoms with Crippen molar-refractivity contribution in [1.29, 1.82) is 0 Å². The Bertz CT molecular complexity index is 684. The molecule has 3 amide bonds. The molecule has 0 bridgehead atoms. The fourth-order valence-electron chi connectivity index (χ4n) is 3.38. The van der Waals surface area contributed by atoms with E-state index in [1.165, 1.54) is 12.1 Å². The normalized spacial score (nSPS) is 20.9. The van der Waals surface area contributed by atoms with Crippen LogP contribution >= 0.6 is 0 Å². The fraction of sp³-hybridized carbons (Fsp3) is 0.500. The second-order valence-corrected chi connectivity index (χ2v) is 6.85. The van der Waals surface area contributed by atoms with Gasteiger partial charge < -0.3 is 10.2 Å². The molecule has 2 N–H and O–H groups in total. The molecule has 3 rings (SSSR count). The van der Waals surface area contributed by atoms with Gasteiger partial charge in [-0.25, -0.2) is 0 Å². The highest BCUT2D eigenvalue weighted by Crippen LogP contribution is 2.19. The second-order valence-electron chi connectivity index (χ2n) is 6.85. The van der Waals surface area contributed by atoms with E-state index in [1.54, 1.807) is 6.07 Å². The SMILES string of the molecule is CC(C)N1CCCC(CNC(=O)c2ccc3c(c2)C(=O)NC3=O)C1. The molecule has 2 heterocycles. The molecule has 128 valence electrons. The summed E-state index contributed by atoms with van der Waals surface area (Å²) in [6.45, 7) is 7.13. The predicted octanol–water partition coefficient (Wildman–Crippen LogP) is 1.42. The molecule has 0 aromatic heterocycles. The van der Waals surface area contributed by atoms with E-state index in [9.17, 15) is 14.4 Å². The summed E-state index contributed by atoms with van der Waals surface area (Å²) in [5, 5.41) is 5.20. The average Bonchev–Trinajstić information content (AvgIpc) is 2.87. The van der Waals surface area contributed by atoms with E-state index in [0.717, 1.165) is 25.9 Å². The Hall–Kier alpha value is -2.21. The monoisotopic (exact) mass is 329 g/mol. The predicted molar refractivity (Wildman–Crippen MR) is 90.0 cm³/mol. The molecule has 1 saturated heterocycles. The Kier molecular flexibility index (Phi) is 4.66. The largest absolute Gasteiger partial charge is 0.352 e. The maximum absolute atomic E-state index is 12.3. The van der Waals surface area contributed by atoms with Gasteiger partial charge in [0.25, 0.3) is 17.7 Å². The van der Waals surface area contributed by atoms with Crippen LogP contribution in [0.2, 0.25) is 0 Å². The summed E-state index contributed by atoms with van der Waals surface area (Å²) >= 11 is 0. The number of rotatable bonds is 4. The number of carbonyl (C=O) groups is 3. The van der Waals surface area contributed by atoms with Gasteiger partial charge in [-0.05, 0) is 57.4 Å². The number of likely N-dealkylation sites (tertiary alicyclic amines) is 1. The highest BCUT2D eigenvalue weighted by atomic mass is 16.2. The van der Waals surface area contributed by atoms with E-state index < -0.39 is 11.8 Å². The van der Waals surface area contributed by atoms with E-state index in [1.807, 2.05) is 0 Å². The van der Waals surface area contributed by atoms with Crippen LogP contribution in [0.1, 0.15) is 57.8 Å². The van der Waals surface area contributed by atoms with E-state index in [2.05, 4.69) is 29.4 Å². The quantitative estimate of drug-likeness (QED) is 0.819. The number of nitrogens with one attached hydrogen (secondary N) is 2. The van der Waals surface area contributed by atoms with Gasteiger partial charge in [-0.1, -0.05) is 0 Å². The minimum absolute atomic E-state index is 0.202. The maximum Gasteiger partial charge on any atom is 0.258 e. The standard InChI is InChI=1S/C18H23N3O3/c1-11(2)21-7-3-4-12(10-21)9-19-16(22)13-5-6-14-15(8-13)18(24)20-17(14)23/h5-6,8,11-12H,3-4,7,9-10H2,1-2H3,(H,19,22)(H,20,23,24). The van der Waals surface area contributed by atoms with Gasteiger partial charge in [-0.3, -0.25) is 19.7 Å². The number of fused-ring (bicyclic) bond motifs is 1. The highest BCUT2D eigenvalue weighted by Gasteiger charge is 2.28. The summed E-state index contributed by atoms with van der Waals surface area (Å²) in [5.41, 5.74) is 1.02. The molecule has 0 aliphatic carbocycles. The first-order valence-electron chi connectivity index (χ1n) is 8.47. The van der Waals surface area contributed by atoms with Crippen LogP contribution in [0.3, 0.4) is 0 Å². The van der Waals surface area contributed by atoms with Crippen LogP contribution in [0.5, 0.6) is 0 Å². The lowest BCUT2D eigenvalue weighted by Crippen LogP contribution is -2.43. The van der Waals surface area contributed by atoms with Gasteiger partial charge in [0.2, 0.25) is 0 Å². The number of amides is 3. The van der Waals surface area contributed by atoms with Crippen LogP contribution in [0.25, 0.3) is 0 Å². The summed E-state index contributed by atoms with van der Waals surface area (Å²) in [6, 6.07) is 5.14. The van der Waals surface area contributed by atoms with Crippen molar-refractivity contribution in [3.8, 4) is 0 Å². The van der Waals surface area contributed by atoms with E-state index in [-0.39, 0.29) is 11.5 Å². The third-order valence-corrected chi connectivity index (χ3v) is 4.83. The maximum atomic E-state index is 12.3. The Morgan fingerprint density at radius 1 is 1.29 bits per heavy atom. The van der Waals surface area contributed by atoms with Crippen molar-refractivity contribution in [3.63, 3.8) is 0 Å². The summed E-state index contributed by atoms with van der Waals surface area (Å²) in [7, 11) is 0. The van der Waals surface area contributed by atoms with Crippen LogP contribution in [-0.2, 0) is 0 Å². The van der Waals surface area contributed by atoms with Gasteiger partial charge in [0.1, 0.15) is 0 Å². The molecular formula is C18H23N3O3. The van der Waals surface area contributed by atoms with Crippen molar-refractivity contribution in [1.82, 2.24) is 15.5 Å². The van der Waals surface area contributed by atoms with Crippen molar-refractivity contribution < 1.29 is 14.4 Å². The molecule has 1 aromatic rings. The van der Waals surface area contributed by atoms with Crippen LogP contribution in [0.15, 0.2) is 18.2 Å². The first-order chi connectivity index (χ1) is 11.5. The molecule has 6 heteroatoms. The molecule has 6 nitrogen and oxygen atoms in total. The zero-order valence-electron chi connectivity index (χ0n) is 14.1. The third kappa shape index (κ3) is 3.33. The number of carbonyl (C=O) groups excluding carboxylic acids is 3. The van der Waals surface area contributed by atoms with Gasteiger partial charge in [-0.2, -0.15) is 0 Å². The zero-order chi connectivity index (χ0) is 17.3. The zero-order valence-corrected chi connectivity index (χ0v) is 14.1. The topological polar surface area (TPSA) is 78.5 Å². The minimum Gasteiger partial charge on any atom is -0.352 e. The lowest BCUT2D eigenvalue weighted by Gasteiger charge is -2.35. The average molecular weight is 329 g/mol. The molecule has 2 aliphatic heterocycles. The number of benzene rings is 1. The summed E-state index contributed by atoms with van der Waals surface area (Å²) in [6.07, 6.45) is 2.27. The van der Waals surface area contributed by atoms with E-state index in [4.69, 9.17) is 0 Å². The molecule has 1 atom stereocenters. The number of imide groups is 1. The van der Waals surface area contributed by atoms with Crippen LogP contribution in [0.4, 0.5) is 0 Å². The Morgan fingerprint density at radius 2 is 2.04 bits per heavy atom. The van der Waals surface area contributed by atoms with Crippen LogP contribution < -0.4 is 10.6 Å². The molecular weight excluding hydrogens is 306 g/mol. The summed E-state index contributed by atoms with van der Waals surface area (Å²) < 4.78 is 0. The molecule has 0 saturated carbocycles. The van der Waals surface area contributed by atoms with E-state index >= 15 is 0 Å². The second kappa shape index (κ2) is 6.73. The molecule has 2 aliphatic rings. The van der Waals surface area contributed by atoms with Gasteiger partial charge in [0.15, 0.2) is 0 Å². The fourth-order valence-corrected chi connectivity index (χ4v) is 3.38. The van der Waals surface area contributed by atoms with Gasteiger partial charge in [0, 0.05) is 24.7 Å². The number of hydrogen-bond acceptors (Lipinski definition) is 4. The molecule has 0 radical (unpaired) electrons. The van der Waals surface area contributed by atoms with Crippen molar-refractivity contribution in [3.05, 3.63) is 34.9 Å². The van der Waals surface area contributed by atoms with E-state index in [0.29, 0.717) is 29.6 Å². The molecule has 0 spiro atoms. The number of nitrogens with zero attached hydrogens (tertiary/aromatic N) is 1. The smallest absolute Gasteiger partial charge is 0.258 e. The van der Waals surface area contributed by atoms with Gasteiger partial charge in [-0.15, -0.1) is 0 Å². The summed E-state index contributed by atoms with van der Waals surface area (Å²) in [4.78, 5) is 38.0. The van der Waals surface area contributed by atoms with Gasteiger partial charge in [0.05, 0.1) is 11.1 Å².